The molecule has 92 valence electrons. The zero-order chi connectivity index (χ0) is 13.1. The van der Waals surface area contributed by atoms with Crippen molar-refractivity contribution in [3.8, 4) is 0 Å². The number of aryl methyl sites for hydroxylation is 1. The van der Waals surface area contributed by atoms with Gasteiger partial charge in [0.15, 0.2) is 0 Å². The van der Waals surface area contributed by atoms with E-state index >= 15 is 0 Å². The van der Waals surface area contributed by atoms with Crippen molar-refractivity contribution in [3.63, 3.8) is 0 Å². The van der Waals surface area contributed by atoms with Gasteiger partial charge < -0.3 is 5.32 Å². The van der Waals surface area contributed by atoms with Crippen molar-refractivity contribution in [2.45, 2.75) is 6.92 Å². The minimum Gasteiger partial charge on any atom is -0.322 e. The second kappa shape index (κ2) is 5.55. The lowest BCUT2D eigenvalue weighted by Crippen LogP contribution is -2.13. The first-order chi connectivity index (χ1) is 8.58. The minimum atomic E-state index is -0.207. The Hall–Kier alpha value is -1.32. The first-order valence-electron chi connectivity index (χ1n) is 5.40. The molecule has 18 heavy (non-hydrogen) atoms. The zero-order valence-corrected chi connectivity index (χ0v) is 12.0. The average molecular weight is 325 g/mol. The lowest BCUT2D eigenvalue weighted by molar-refractivity contribution is 0.102. The van der Waals surface area contributed by atoms with Gasteiger partial charge in [-0.3, -0.25) is 4.79 Å². The van der Waals surface area contributed by atoms with Crippen molar-refractivity contribution in [2.75, 3.05) is 5.32 Å². The summed E-state index contributed by atoms with van der Waals surface area (Å²) < 4.78 is 0.919. The third-order valence-electron chi connectivity index (χ3n) is 2.57. The Morgan fingerprint density at radius 2 is 1.94 bits per heavy atom. The number of nitrogens with one attached hydrogen (secondary N) is 1. The first kappa shape index (κ1) is 13.1. The molecular formula is C14H11BrClNO. The fraction of sp³-hybridized carbons (Fsp3) is 0.0714. The SMILES string of the molecule is Cc1ccc(Br)cc1NC(=O)c1ccccc1Cl. The lowest BCUT2D eigenvalue weighted by Gasteiger charge is -2.09. The molecule has 0 aliphatic heterocycles. The molecule has 2 rings (SSSR count). The van der Waals surface area contributed by atoms with Gasteiger partial charge in [-0.25, -0.2) is 0 Å². The van der Waals surface area contributed by atoms with Crippen molar-refractivity contribution in [2.24, 2.45) is 0 Å². The highest BCUT2D eigenvalue weighted by Gasteiger charge is 2.10. The molecule has 4 heteroatoms. The third-order valence-corrected chi connectivity index (χ3v) is 3.39. The van der Waals surface area contributed by atoms with Crippen molar-refractivity contribution in [1.82, 2.24) is 0 Å². The molecule has 2 aromatic rings. The lowest BCUT2D eigenvalue weighted by atomic mass is 10.1. The van der Waals surface area contributed by atoms with E-state index in [0.717, 1.165) is 15.7 Å². The van der Waals surface area contributed by atoms with E-state index in [9.17, 15) is 4.79 Å². The Bertz CT molecular complexity index is 598. The van der Waals surface area contributed by atoms with Gasteiger partial charge in [-0.2, -0.15) is 0 Å². The molecule has 0 radical (unpaired) electrons. The minimum absolute atomic E-state index is 0.207. The highest BCUT2D eigenvalue weighted by atomic mass is 79.9. The summed E-state index contributed by atoms with van der Waals surface area (Å²) in [5.74, 6) is -0.207. The van der Waals surface area contributed by atoms with Crippen molar-refractivity contribution in [3.05, 3.63) is 63.1 Å². The smallest absolute Gasteiger partial charge is 0.257 e. The van der Waals surface area contributed by atoms with Gasteiger partial charge in [-0.05, 0) is 36.8 Å². The molecule has 0 unspecified atom stereocenters. The van der Waals surface area contributed by atoms with Crippen LogP contribution in [0.3, 0.4) is 0 Å². The van der Waals surface area contributed by atoms with E-state index in [-0.39, 0.29) is 5.91 Å². The number of anilines is 1. The van der Waals surface area contributed by atoms with Gasteiger partial charge >= 0.3 is 0 Å². The van der Waals surface area contributed by atoms with Crippen LogP contribution in [0.2, 0.25) is 5.02 Å². The normalized spacial score (nSPS) is 10.2. The Balaban J connectivity index is 2.27. The molecular weight excluding hydrogens is 314 g/mol. The summed E-state index contributed by atoms with van der Waals surface area (Å²) in [6, 6.07) is 12.7. The maximum absolute atomic E-state index is 12.1. The summed E-state index contributed by atoms with van der Waals surface area (Å²) >= 11 is 9.37. The van der Waals surface area contributed by atoms with Gasteiger partial charge in [0.2, 0.25) is 0 Å². The fourth-order valence-corrected chi connectivity index (χ4v) is 2.15. The summed E-state index contributed by atoms with van der Waals surface area (Å²) in [6.45, 7) is 1.94. The standard InChI is InChI=1S/C14H11BrClNO/c1-9-6-7-10(15)8-13(9)17-14(18)11-4-2-3-5-12(11)16/h2-8H,1H3,(H,17,18). The summed E-state index contributed by atoms with van der Waals surface area (Å²) in [6.07, 6.45) is 0. The number of halogens is 2. The van der Waals surface area contributed by atoms with Crippen LogP contribution in [-0.4, -0.2) is 5.91 Å². The quantitative estimate of drug-likeness (QED) is 0.855. The van der Waals surface area contributed by atoms with Crippen LogP contribution in [0.1, 0.15) is 15.9 Å². The third kappa shape index (κ3) is 2.92. The average Bonchev–Trinajstić information content (AvgIpc) is 2.34. The molecule has 0 saturated heterocycles. The number of benzene rings is 2. The van der Waals surface area contributed by atoms with Gasteiger partial charge in [0.1, 0.15) is 0 Å². The Morgan fingerprint density at radius 3 is 2.67 bits per heavy atom. The van der Waals surface area contributed by atoms with Crippen LogP contribution < -0.4 is 5.32 Å². The molecule has 2 aromatic carbocycles. The molecule has 0 fully saturated rings. The summed E-state index contributed by atoms with van der Waals surface area (Å²) in [5.41, 5.74) is 2.24. The number of amides is 1. The molecule has 1 N–H and O–H groups in total. The Labute approximate surface area is 119 Å². The van der Waals surface area contributed by atoms with Crippen LogP contribution in [0.4, 0.5) is 5.69 Å². The van der Waals surface area contributed by atoms with Gasteiger partial charge in [0, 0.05) is 10.2 Å². The Morgan fingerprint density at radius 1 is 1.22 bits per heavy atom. The molecule has 0 spiro atoms. The van der Waals surface area contributed by atoms with Crippen LogP contribution in [0.25, 0.3) is 0 Å². The molecule has 0 aliphatic carbocycles. The number of rotatable bonds is 2. The van der Waals surface area contributed by atoms with Crippen molar-refractivity contribution in [1.29, 1.82) is 0 Å². The predicted molar refractivity (Wildman–Crippen MR) is 78.3 cm³/mol. The highest BCUT2D eigenvalue weighted by Crippen LogP contribution is 2.22. The topological polar surface area (TPSA) is 29.1 Å². The first-order valence-corrected chi connectivity index (χ1v) is 6.57. The maximum atomic E-state index is 12.1. The van der Waals surface area contributed by atoms with Gasteiger partial charge in [-0.15, -0.1) is 0 Å². The molecule has 0 saturated carbocycles. The Kier molecular flexibility index (Phi) is 4.04. The maximum Gasteiger partial charge on any atom is 0.257 e. The summed E-state index contributed by atoms with van der Waals surface area (Å²) in [4.78, 5) is 12.1. The van der Waals surface area contributed by atoms with E-state index in [1.165, 1.54) is 0 Å². The number of hydrogen-bond donors (Lipinski definition) is 1. The predicted octanol–water partition coefficient (Wildman–Crippen LogP) is 4.66. The second-order valence-corrected chi connectivity index (χ2v) is 5.22. The van der Waals surface area contributed by atoms with E-state index in [2.05, 4.69) is 21.2 Å². The van der Waals surface area contributed by atoms with Crippen molar-refractivity contribution < 1.29 is 4.79 Å². The number of hydrogen-bond acceptors (Lipinski definition) is 1. The van der Waals surface area contributed by atoms with Crippen LogP contribution in [-0.2, 0) is 0 Å². The van der Waals surface area contributed by atoms with E-state index in [1.54, 1.807) is 24.3 Å². The molecule has 0 heterocycles. The molecule has 0 bridgehead atoms. The van der Waals surface area contributed by atoms with Gasteiger partial charge in [-0.1, -0.05) is 45.7 Å². The molecule has 0 aromatic heterocycles. The van der Waals surface area contributed by atoms with Crippen LogP contribution in [0, 0.1) is 6.92 Å². The molecule has 0 atom stereocenters. The van der Waals surface area contributed by atoms with E-state index in [4.69, 9.17) is 11.6 Å². The van der Waals surface area contributed by atoms with E-state index in [1.807, 2.05) is 25.1 Å². The van der Waals surface area contributed by atoms with Gasteiger partial charge in [0.25, 0.3) is 5.91 Å². The monoisotopic (exact) mass is 323 g/mol. The van der Waals surface area contributed by atoms with Crippen molar-refractivity contribution >= 4 is 39.1 Å². The van der Waals surface area contributed by atoms with Gasteiger partial charge in [0.05, 0.1) is 10.6 Å². The van der Waals surface area contributed by atoms with Crippen LogP contribution in [0.15, 0.2) is 46.9 Å². The van der Waals surface area contributed by atoms with Crippen LogP contribution in [0.5, 0.6) is 0 Å². The highest BCUT2D eigenvalue weighted by molar-refractivity contribution is 9.10. The summed E-state index contributed by atoms with van der Waals surface area (Å²) in [7, 11) is 0. The van der Waals surface area contributed by atoms with E-state index < -0.39 is 0 Å². The zero-order valence-electron chi connectivity index (χ0n) is 9.71. The second-order valence-electron chi connectivity index (χ2n) is 3.89. The van der Waals surface area contributed by atoms with Crippen LogP contribution >= 0.6 is 27.5 Å². The number of carbonyl (C=O) groups excluding carboxylic acids is 1. The molecule has 0 aliphatic rings. The largest absolute Gasteiger partial charge is 0.322 e. The molecule has 1 amide bonds. The number of carbonyl (C=O) groups is 1. The summed E-state index contributed by atoms with van der Waals surface area (Å²) in [5, 5.41) is 3.30. The van der Waals surface area contributed by atoms with E-state index in [0.29, 0.717) is 10.6 Å². The fourth-order valence-electron chi connectivity index (χ4n) is 1.56. The molecule has 2 nitrogen and oxygen atoms in total.